The van der Waals surface area contributed by atoms with Gasteiger partial charge in [-0.15, -0.1) is 0 Å². The molecule has 1 saturated heterocycles. The van der Waals surface area contributed by atoms with E-state index < -0.39 is 11.6 Å². The van der Waals surface area contributed by atoms with Crippen molar-refractivity contribution < 1.29 is 13.5 Å². The number of aromatic nitrogens is 1. The van der Waals surface area contributed by atoms with Crippen molar-refractivity contribution in [3.63, 3.8) is 0 Å². The highest BCUT2D eigenvalue weighted by molar-refractivity contribution is 5.69. The molecular weight excluding hydrogens is 260 g/mol. The SMILES string of the molecule is Fc1ccc(-c2ccnc3c2C[C@H]2CC[C@@H]3O2)c(F)c1. The van der Waals surface area contributed by atoms with Crippen LogP contribution >= 0.6 is 0 Å². The summed E-state index contributed by atoms with van der Waals surface area (Å²) in [6.45, 7) is 0. The molecular formula is C16H13F2NO. The van der Waals surface area contributed by atoms with Crippen molar-refractivity contribution in [3.05, 3.63) is 53.4 Å². The molecule has 0 aliphatic carbocycles. The van der Waals surface area contributed by atoms with Gasteiger partial charge in [0.05, 0.1) is 11.8 Å². The number of pyridine rings is 1. The van der Waals surface area contributed by atoms with E-state index in [9.17, 15) is 8.78 Å². The van der Waals surface area contributed by atoms with E-state index in [4.69, 9.17) is 4.74 Å². The maximum atomic E-state index is 14.0. The van der Waals surface area contributed by atoms with Crippen molar-refractivity contribution in [1.29, 1.82) is 0 Å². The Kier molecular flexibility index (Phi) is 2.60. The lowest BCUT2D eigenvalue weighted by atomic mass is 9.93. The smallest absolute Gasteiger partial charge is 0.133 e. The lowest BCUT2D eigenvalue weighted by Gasteiger charge is -2.25. The van der Waals surface area contributed by atoms with E-state index in [1.165, 1.54) is 12.1 Å². The largest absolute Gasteiger partial charge is 0.368 e. The predicted molar refractivity (Wildman–Crippen MR) is 70.1 cm³/mol. The third-order valence-electron chi connectivity index (χ3n) is 4.15. The molecule has 0 radical (unpaired) electrons. The molecule has 0 saturated carbocycles. The Balaban J connectivity index is 1.89. The van der Waals surface area contributed by atoms with Crippen LogP contribution in [0.1, 0.15) is 30.2 Å². The monoisotopic (exact) mass is 273 g/mol. The predicted octanol–water partition coefficient (Wildman–Crippen LogP) is 3.80. The molecule has 3 heterocycles. The molecule has 2 aromatic rings. The van der Waals surface area contributed by atoms with E-state index in [1.54, 1.807) is 12.3 Å². The molecule has 0 spiro atoms. The van der Waals surface area contributed by atoms with Gasteiger partial charge in [0, 0.05) is 24.2 Å². The van der Waals surface area contributed by atoms with Gasteiger partial charge < -0.3 is 4.74 Å². The molecule has 2 nitrogen and oxygen atoms in total. The van der Waals surface area contributed by atoms with Gasteiger partial charge in [-0.1, -0.05) is 0 Å². The molecule has 0 N–H and O–H groups in total. The highest BCUT2D eigenvalue weighted by Crippen LogP contribution is 2.43. The van der Waals surface area contributed by atoms with Crippen molar-refractivity contribution in [2.24, 2.45) is 0 Å². The summed E-state index contributed by atoms with van der Waals surface area (Å²) in [5, 5.41) is 0. The first-order chi connectivity index (χ1) is 9.72. The summed E-state index contributed by atoms with van der Waals surface area (Å²) in [5.74, 6) is -1.09. The lowest BCUT2D eigenvalue weighted by Crippen LogP contribution is -2.19. The number of rotatable bonds is 1. The van der Waals surface area contributed by atoms with Gasteiger partial charge in [-0.25, -0.2) is 8.78 Å². The molecule has 1 aromatic heterocycles. The van der Waals surface area contributed by atoms with Crippen LogP contribution in [-0.4, -0.2) is 11.1 Å². The van der Waals surface area contributed by atoms with Crippen LogP contribution in [0.25, 0.3) is 11.1 Å². The number of benzene rings is 1. The highest BCUT2D eigenvalue weighted by atomic mass is 19.1. The van der Waals surface area contributed by atoms with E-state index in [1.807, 2.05) is 0 Å². The van der Waals surface area contributed by atoms with Crippen molar-refractivity contribution in [2.45, 2.75) is 31.5 Å². The summed E-state index contributed by atoms with van der Waals surface area (Å²) < 4.78 is 32.9. The second-order valence-electron chi connectivity index (χ2n) is 5.37. The topological polar surface area (TPSA) is 22.1 Å². The number of nitrogens with zero attached hydrogens (tertiary/aromatic N) is 1. The molecule has 1 fully saturated rings. The Morgan fingerprint density at radius 1 is 1.10 bits per heavy atom. The zero-order chi connectivity index (χ0) is 13.7. The number of halogens is 2. The van der Waals surface area contributed by atoms with Gasteiger partial charge in [0.1, 0.15) is 17.7 Å². The van der Waals surface area contributed by atoms with Crippen molar-refractivity contribution in [2.75, 3.05) is 0 Å². The van der Waals surface area contributed by atoms with Crippen LogP contribution in [0, 0.1) is 11.6 Å². The van der Waals surface area contributed by atoms with Crippen LogP contribution in [0.5, 0.6) is 0 Å². The van der Waals surface area contributed by atoms with E-state index in [0.717, 1.165) is 42.1 Å². The van der Waals surface area contributed by atoms with E-state index >= 15 is 0 Å². The fraction of sp³-hybridized carbons (Fsp3) is 0.312. The van der Waals surface area contributed by atoms with Crippen LogP contribution in [0.2, 0.25) is 0 Å². The maximum Gasteiger partial charge on any atom is 0.133 e. The van der Waals surface area contributed by atoms with Gasteiger partial charge in [-0.05, 0) is 42.2 Å². The first kappa shape index (κ1) is 12.0. The lowest BCUT2D eigenvalue weighted by molar-refractivity contribution is 0.0296. The second kappa shape index (κ2) is 4.35. The third-order valence-corrected chi connectivity index (χ3v) is 4.15. The fourth-order valence-electron chi connectivity index (χ4n) is 3.25. The number of hydrogen-bond donors (Lipinski definition) is 0. The molecule has 0 amide bonds. The Morgan fingerprint density at radius 2 is 2.00 bits per heavy atom. The zero-order valence-electron chi connectivity index (χ0n) is 10.8. The molecule has 2 aliphatic heterocycles. The van der Waals surface area contributed by atoms with Crippen LogP contribution in [0.15, 0.2) is 30.5 Å². The summed E-state index contributed by atoms with van der Waals surface area (Å²) in [6.07, 6.45) is 4.67. The molecule has 2 aliphatic rings. The standard InChI is InChI=1S/C16H13F2NO/c17-9-1-3-12(14(18)7-9)11-5-6-19-16-13(11)8-10-2-4-15(16)20-10/h1,3,5-7,10,15H,2,4,8H2/t10-,15+/m1/s1. The Morgan fingerprint density at radius 3 is 2.85 bits per heavy atom. The van der Waals surface area contributed by atoms with E-state index in [0.29, 0.717) is 5.56 Å². The summed E-state index contributed by atoms with van der Waals surface area (Å²) >= 11 is 0. The third kappa shape index (κ3) is 1.75. The van der Waals surface area contributed by atoms with Gasteiger partial charge in [-0.2, -0.15) is 0 Å². The summed E-state index contributed by atoms with van der Waals surface area (Å²) in [4.78, 5) is 4.41. The average Bonchev–Trinajstić information content (AvgIpc) is 2.82. The number of ether oxygens (including phenoxy) is 1. The minimum absolute atomic E-state index is 0.0345. The quantitative estimate of drug-likeness (QED) is 0.788. The molecule has 2 bridgehead atoms. The number of hydrogen-bond acceptors (Lipinski definition) is 2. The van der Waals surface area contributed by atoms with Gasteiger partial charge in [0.25, 0.3) is 0 Å². The van der Waals surface area contributed by atoms with Crippen molar-refractivity contribution >= 4 is 0 Å². The summed E-state index contributed by atoms with van der Waals surface area (Å²) in [5.41, 5.74) is 3.22. The minimum Gasteiger partial charge on any atom is -0.368 e. The molecule has 20 heavy (non-hydrogen) atoms. The van der Waals surface area contributed by atoms with Crippen molar-refractivity contribution in [3.8, 4) is 11.1 Å². The molecule has 0 unspecified atom stereocenters. The molecule has 1 aromatic carbocycles. The van der Waals surface area contributed by atoms with Gasteiger partial charge in [0.15, 0.2) is 0 Å². The first-order valence-corrected chi connectivity index (χ1v) is 6.81. The summed E-state index contributed by atoms with van der Waals surface area (Å²) in [7, 11) is 0. The molecule has 102 valence electrons. The van der Waals surface area contributed by atoms with Gasteiger partial charge in [0.2, 0.25) is 0 Å². The minimum atomic E-state index is -0.558. The van der Waals surface area contributed by atoms with Gasteiger partial charge in [-0.3, -0.25) is 4.98 Å². The molecule has 4 rings (SSSR count). The maximum absolute atomic E-state index is 14.0. The highest BCUT2D eigenvalue weighted by Gasteiger charge is 2.36. The Hall–Kier alpha value is -1.81. The van der Waals surface area contributed by atoms with E-state index in [2.05, 4.69) is 4.98 Å². The molecule has 4 heteroatoms. The zero-order valence-corrected chi connectivity index (χ0v) is 10.8. The van der Waals surface area contributed by atoms with Crippen LogP contribution in [-0.2, 0) is 11.2 Å². The Labute approximate surface area is 115 Å². The number of fused-ring (bicyclic) bond motifs is 4. The van der Waals surface area contributed by atoms with Crippen molar-refractivity contribution in [1.82, 2.24) is 4.98 Å². The van der Waals surface area contributed by atoms with Crippen LogP contribution in [0.4, 0.5) is 8.78 Å². The van der Waals surface area contributed by atoms with Crippen LogP contribution in [0.3, 0.4) is 0 Å². The second-order valence-corrected chi connectivity index (χ2v) is 5.37. The van der Waals surface area contributed by atoms with E-state index in [-0.39, 0.29) is 12.2 Å². The van der Waals surface area contributed by atoms with Crippen LogP contribution < -0.4 is 0 Å². The average molecular weight is 273 g/mol. The normalized spacial score (nSPS) is 23.7. The molecule has 2 atom stereocenters. The Bertz CT molecular complexity index is 686. The van der Waals surface area contributed by atoms with Gasteiger partial charge >= 0.3 is 0 Å². The first-order valence-electron chi connectivity index (χ1n) is 6.81. The fourth-order valence-corrected chi connectivity index (χ4v) is 3.25. The summed E-state index contributed by atoms with van der Waals surface area (Å²) in [6, 6.07) is 5.52.